The molecule has 1 aliphatic rings. The summed E-state index contributed by atoms with van der Waals surface area (Å²) < 4.78 is 35.0. The summed E-state index contributed by atoms with van der Waals surface area (Å²) in [5.74, 6) is -2.93. The molecule has 2 N–H and O–H groups in total. The van der Waals surface area contributed by atoms with Gasteiger partial charge in [0.05, 0.1) is 10.8 Å². The zero-order valence-corrected chi connectivity index (χ0v) is 22.3. The summed E-state index contributed by atoms with van der Waals surface area (Å²) in [5, 5.41) is 12.1. The number of ether oxygens (including phenoxy) is 2. The quantitative estimate of drug-likeness (QED) is 0.237. The first-order valence-corrected chi connectivity index (χ1v) is 13.6. The van der Waals surface area contributed by atoms with Gasteiger partial charge in [0.15, 0.2) is 0 Å². The molecule has 0 spiro atoms. The molecule has 1 heterocycles. The molecule has 10 nitrogen and oxygen atoms in total. The molecule has 3 atom stereocenters. The molecule has 0 amide bonds. The Hall–Kier alpha value is -1.13. The Kier molecular flexibility index (Phi) is 11.4. The standard InChI is InChI=1S/C21H38NO9PS/c1-8-9-10-15-16(22-14(11-33-15)17(23)24)32(27,30-12-28-18(25)20(2,3)4)31-13-29-19(26)21(5,6)7/h14-16,22H,8-13H2,1-7H3,(H,23,24)/t14-,15-,16+/m0/s1. The highest BCUT2D eigenvalue weighted by Gasteiger charge is 2.47. The van der Waals surface area contributed by atoms with Gasteiger partial charge in [0.25, 0.3) is 0 Å². The van der Waals surface area contributed by atoms with Crippen LogP contribution in [0.15, 0.2) is 0 Å². The van der Waals surface area contributed by atoms with Gasteiger partial charge in [0.1, 0.15) is 11.8 Å². The molecular weight excluding hydrogens is 473 g/mol. The third-order valence-electron chi connectivity index (χ3n) is 4.75. The number of esters is 2. The molecule has 0 aromatic carbocycles. The zero-order valence-electron chi connectivity index (χ0n) is 20.5. The van der Waals surface area contributed by atoms with Gasteiger partial charge in [-0.2, -0.15) is 11.8 Å². The maximum absolute atomic E-state index is 13.9. The van der Waals surface area contributed by atoms with Crippen LogP contribution in [0.4, 0.5) is 0 Å². The van der Waals surface area contributed by atoms with E-state index in [0.717, 1.165) is 12.8 Å². The Morgan fingerprint density at radius 3 is 1.88 bits per heavy atom. The molecule has 33 heavy (non-hydrogen) atoms. The lowest BCUT2D eigenvalue weighted by atomic mass is 9.98. The molecule has 12 heteroatoms. The van der Waals surface area contributed by atoms with Crippen LogP contribution in [0, 0.1) is 10.8 Å². The fraction of sp³-hybridized carbons (Fsp3) is 0.857. The van der Waals surface area contributed by atoms with Gasteiger partial charge in [-0.3, -0.25) is 33.3 Å². The lowest BCUT2D eigenvalue weighted by Crippen LogP contribution is -2.53. The molecule has 0 saturated carbocycles. The van der Waals surface area contributed by atoms with E-state index in [9.17, 15) is 24.1 Å². The first-order chi connectivity index (χ1) is 15.1. The number of aliphatic carboxylic acids is 1. The number of hydrogen-bond donors (Lipinski definition) is 2. The van der Waals surface area contributed by atoms with Crippen LogP contribution < -0.4 is 5.32 Å². The maximum atomic E-state index is 13.9. The average Bonchev–Trinajstić information content (AvgIpc) is 2.70. The zero-order chi connectivity index (χ0) is 25.4. The van der Waals surface area contributed by atoms with Gasteiger partial charge in [-0.15, -0.1) is 0 Å². The van der Waals surface area contributed by atoms with Gasteiger partial charge in [0, 0.05) is 11.0 Å². The average molecular weight is 512 g/mol. The van der Waals surface area contributed by atoms with Gasteiger partial charge in [-0.05, 0) is 48.0 Å². The molecule has 192 valence electrons. The van der Waals surface area contributed by atoms with E-state index < -0.39 is 61.7 Å². The molecule has 0 aromatic heterocycles. The van der Waals surface area contributed by atoms with Crippen molar-refractivity contribution in [3.05, 3.63) is 0 Å². The third-order valence-corrected chi connectivity index (χ3v) is 8.54. The Morgan fingerprint density at radius 2 is 1.48 bits per heavy atom. The Morgan fingerprint density at radius 1 is 1.00 bits per heavy atom. The lowest BCUT2D eigenvalue weighted by Gasteiger charge is -2.38. The summed E-state index contributed by atoms with van der Waals surface area (Å²) in [6.45, 7) is 10.7. The van der Waals surface area contributed by atoms with Gasteiger partial charge < -0.3 is 14.6 Å². The molecule has 0 unspecified atom stereocenters. The van der Waals surface area contributed by atoms with Crippen LogP contribution in [0.5, 0.6) is 0 Å². The van der Waals surface area contributed by atoms with E-state index >= 15 is 0 Å². The number of nitrogens with one attached hydrogen (secondary N) is 1. The van der Waals surface area contributed by atoms with E-state index in [1.165, 1.54) is 11.8 Å². The maximum Gasteiger partial charge on any atom is 0.354 e. The summed E-state index contributed by atoms with van der Waals surface area (Å²) in [6.07, 6.45) is 2.36. The molecule has 0 radical (unpaired) electrons. The highest BCUT2D eigenvalue weighted by molar-refractivity contribution is 8.00. The molecule has 0 aromatic rings. The minimum absolute atomic E-state index is 0.275. The number of carbonyl (C=O) groups excluding carboxylic acids is 2. The van der Waals surface area contributed by atoms with Crippen LogP contribution in [0.2, 0.25) is 0 Å². The Bertz CT molecular complexity index is 696. The van der Waals surface area contributed by atoms with Gasteiger partial charge in [0.2, 0.25) is 13.6 Å². The largest absolute Gasteiger partial charge is 0.480 e. The van der Waals surface area contributed by atoms with E-state index in [4.69, 9.17) is 18.5 Å². The first-order valence-electron chi connectivity index (χ1n) is 11.0. The van der Waals surface area contributed by atoms with Gasteiger partial charge in [-0.1, -0.05) is 19.8 Å². The highest BCUT2D eigenvalue weighted by Crippen LogP contribution is 2.57. The monoisotopic (exact) mass is 511 g/mol. The van der Waals surface area contributed by atoms with E-state index in [0.29, 0.717) is 6.42 Å². The highest BCUT2D eigenvalue weighted by atomic mass is 32.2. The fourth-order valence-corrected chi connectivity index (χ4v) is 6.39. The Labute approximate surface area is 200 Å². The van der Waals surface area contributed by atoms with E-state index in [1.807, 2.05) is 6.92 Å². The van der Waals surface area contributed by atoms with Crippen molar-refractivity contribution in [2.45, 2.75) is 84.8 Å². The van der Waals surface area contributed by atoms with Crippen molar-refractivity contribution < 1.29 is 42.6 Å². The lowest BCUT2D eigenvalue weighted by molar-refractivity contribution is -0.162. The second kappa shape index (κ2) is 12.5. The predicted molar refractivity (Wildman–Crippen MR) is 125 cm³/mol. The van der Waals surface area contributed by atoms with Gasteiger partial charge in [-0.25, -0.2) is 0 Å². The molecule has 1 saturated heterocycles. The van der Waals surface area contributed by atoms with E-state index in [1.54, 1.807) is 41.5 Å². The Balaban J connectivity index is 3.08. The van der Waals surface area contributed by atoms with Crippen LogP contribution >= 0.6 is 19.4 Å². The molecule has 0 aliphatic carbocycles. The van der Waals surface area contributed by atoms with Gasteiger partial charge >= 0.3 is 25.5 Å². The molecule has 0 bridgehead atoms. The van der Waals surface area contributed by atoms with Crippen molar-refractivity contribution in [2.24, 2.45) is 10.8 Å². The van der Waals surface area contributed by atoms with E-state index in [2.05, 4.69) is 5.32 Å². The van der Waals surface area contributed by atoms with Crippen LogP contribution in [-0.2, 0) is 37.5 Å². The molecule has 1 aliphatic heterocycles. The number of unbranched alkanes of at least 4 members (excludes halogenated alkanes) is 1. The fourth-order valence-electron chi connectivity index (χ4n) is 2.69. The van der Waals surface area contributed by atoms with Crippen molar-refractivity contribution >= 4 is 37.3 Å². The summed E-state index contributed by atoms with van der Waals surface area (Å²) in [7, 11) is -4.13. The summed E-state index contributed by atoms with van der Waals surface area (Å²) in [5.41, 5.74) is -1.60. The summed E-state index contributed by atoms with van der Waals surface area (Å²) in [6, 6.07) is -0.965. The van der Waals surface area contributed by atoms with Crippen LogP contribution in [0.3, 0.4) is 0 Å². The smallest absolute Gasteiger partial charge is 0.354 e. The normalized spacial score (nSPS) is 22.0. The summed E-state index contributed by atoms with van der Waals surface area (Å²) in [4.78, 5) is 35.8. The van der Waals surface area contributed by atoms with Crippen molar-refractivity contribution in [1.29, 1.82) is 0 Å². The topological polar surface area (TPSA) is 137 Å². The van der Waals surface area contributed by atoms with Crippen LogP contribution in [0.1, 0.15) is 67.7 Å². The van der Waals surface area contributed by atoms with E-state index in [-0.39, 0.29) is 11.0 Å². The SMILES string of the molecule is CCCC[C@@H]1SC[C@@H](C(=O)O)N[C@@H]1P(=O)(OCOC(=O)C(C)(C)C)OCOC(=O)C(C)(C)C. The summed E-state index contributed by atoms with van der Waals surface area (Å²) >= 11 is 1.37. The first kappa shape index (κ1) is 29.9. The minimum Gasteiger partial charge on any atom is -0.480 e. The number of rotatable bonds is 11. The number of thioether (sulfide) groups is 1. The predicted octanol–water partition coefficient (Wildman–Crippen LogP) is 3.98. The van der Waals surface area contributed by atoms with Crippen molar-refractivity contribution in [3.63, 3.8) is 0 Å². The molecular formula is C21H38NO9PS. The second-order valence-electron chi connectivity index (χ2n) is 9.91. The van der Waals surface area contributed by atoms with Crippen molar-refractivity contribution in [1.82, 2.24) is 5.32 Å². The molecule has 1 rings (SSSR count). The number of carboxylic acid groups (broad SMARTS) is 1. The number of carboxylic acids is 1. The minimum atomic E-state index is -4.13. The van der Waals surface area contributed by atoms with Crippen LogP contribution in [-0.4, -0.2) is 59.4 Å². The van der Waals surface area contributed by atoms with Crippen molar-refractivity contribution in [3.8, 4) is 0 Å². The van der Waals surface area contributed by atoms with Crippen molar-refractivity contribution in [2.75, 3.05) is 19.3 Å². The number of hydrogen-bond acceptors (Lipinski definition) is 10. The number of carbonyl (C=O) groups is 3. The second-order valence-corrected chi connectivity index (χ2v) is 13.3. The third kappa shape index (κ3) is 9.56. The molecule has 1 fully saturated rings. The van der Waals surface area contributed by atoms with Crippen LogP contribution in [0.25, 0.3) is 0 Å².